The van der Waals surface area contributed by atoms with Gasteiger partial charge in [-0.1, -0.05) is 79.5 Å². The smallest absolute Gasteiger partial charge is 0.180 e. The van der Waals surface area contributed by atoms with Crippen molar-refractivity contribution in [3.8, 4) is 39.3 Å². The number of aryl methyl sites for hydroxylation is 1. The van der Waals surface area contributed by atoms with Crippen LogP contribution in [0.15, 0.2) is 72.8 Å². The van der Waals surface area contributed by atoms with Gasteiger partial charge in [0.25, 0.3) is 0 Å². The Balaban J connectivity index is 1.54. The number of nitrogens with zero attached hydrogens (tertiary/aromatic N) is 5. The molecule has 0 aliphatic rings. The number of unbranched alkanes of at least 4 members (excludes halogenated alkanes) is 1. The zero-order valence-corrected chi connectivity index (χ0v) is 20.1. The Morgan fingerprint density at radius 3 is 2.37 bits per heavy atom. The Morgan fingerprint density at radius 1 is 0.914 bits per heavy atom. The molecule has 8 heteroatoms. The molecule has 5 aromatic rings. The lowest BCUT2D eigenvalue weighted by molar-refractivity contribution is 0.274. The first kappa shape index (κ1) is 23.0. The van der Waals surface area contributed by atoms with E-state index in [1.165, 1.54) is 0 Å². The maximum Gasteiger partial charge on any atom is 0.180 e. The maximum absolute atomic E-state index is 9.91. The zero-order valence-electron chi connectivity index (χ0n) is 19.3. The summed E-state index contributed by atoms with van der Waals surface area (Å²) in [6.07, 6.45) is 2.86. The number of tetrazole rings is 1. The summed E-state index contributed by atoms with van der Waals surface area (Å²) in [6.45, 7) is 1.97. The molecule has 0 saturated carbocycles. The topological polar surface area (TPSA) is 92.5 Å². The van der Waals surface area contributed by atoms with Gasteiger partial charge >= 0.3 is 0 Å². The highest BCUT2D eigenvalue weighted by Crippen LogP contribution is 2.34. The van der Waals surface area contributed by atoms with E-state index in [1.807, 2.05) is 34.9 Å². The van der Waals surface area contributed by atoms with Gasteiger partial charge in [0, 0.05) is 17.7 Å². The molecule has 0 radical (unpaired) electrons. The molecule has 176 valence electrons. The molecule has 2 aromatic heterocycles. The zero-order chi connectivity index (χ0) is 24.2. The highest BCUT2D eigenvalue weighted by atomic mass is 35.5. The second kappa shape index (κ2) is 10.2. The number of benzene rings is 3. The molecule has 0 aliphatic carbocycles. The van der Waals surface area contributed by atoms with Gasteiger partial charge in [-0.2, -0.15) is 0 Å². The molecule has 35 heavy (non-hydrogen) atoms. The van der Waals surface area contributed by atoms with Crippen LogP contribution in [0, 0.1) is 0 Å². The minimum Gasteiger partial charge on any atom is -0.390 e. The summed E-state index contributed by atoms with van der Waals surface area (Å²) < 4.78 is 1.96. The predicted octanol–water partition coefficient (Wildman–Crippen LogP) is 5.87. The standard InChI is InChI=1S/C27H25ClN6O/c1-2-3-9-25-29-26(28)24(17-35)34(25)21-13-10-18(11-14-21)20-12-15-22(19-7-5-4-6-8-19)23(16-20)27-30-32-33-31-27/h4-8,10-16,35H,2-3,9,17H2,1H3,(H,30,31,32,33). The number of hydrogen-bond acceptors (Lipinski definition) is 5. The molecule has 0 aliphatic heterocycles. The van der Waals surface area contributed by atoms with Crippen LogP contribution in [0.1, 0.15) is 31.3 Å². The highest BCUT2D eigenvalue weighted by molar-refractivity contribution is 6.30. The second-order valence-corrected chi connectivity index (χ2v) is 8.64. The SMILES string of the molecule is CCCCc1nc(Cl)c(CO)n1-c1ccc(-c2ccc(-c3ccccc3)c(-c3nnn[nH]3)c2)cc1. The number of aliphatic hydroxyl groups excluding tert-OH is 1. The van der Waals surface area contributed by atoms with E-state index in [0.29, 0.717) is 16.7 Å². The quantitative estimate of drug-likeness (QED) is 0.287. The molecule has 0 saturated heterocycles. The minimum atomic E-state index is -0.171. The van der Waals surface area contributed by atoms with Crippen molar-refractivity contribution in [1.82, 2.24) is 30.2 Å². The van der Waals surface area contributed by atoms with Crippen LogP contribution >= 0.6 is 11.6 Å². The van der Waals surface area contributed by atoms with Crippen LogP contribution in [0.4, 0.5) is 0 Å². The van der Waals surface area contributed by atoms with Gasteiger partial charge in [-0.3, -0.25) is 4.57 Å². The fraction of sp³-hybridized carbons (Fsp3) is 0.185. The third kappa shape index (κ3) is 4.60. The van der Waals surface area contributed by atoms with E-state index in [4.69, 9.17) is 11.6 Å². The average Bonchev–Trinajstić information content (AvgIpc) is 3.55. The van der Waals surface area contributed by atoms with Gasteiger partial charge in [-0.25, -0.2) is 10.1 Å². The molecule has 0 fully saturated rings. The van der Waals surface area contributed by atoms with Crippen molar-refractivity contribution in [3.63, 3.8) is 0 Å². The van der Waals surface area contributed by atoms with Gasteiger partial charge in [0.05, 0.1) is 12.3 Å². The number of rotatable bonds is 8. The van der Waals surface area contributed by atoms with Crippen molar-refractivity contribution in [2.24, 2.45) is 0 Å². The van der Waals surface area contributed by atoms with Gasteiger partial charge < -0.3 is 5.11 Å². The minimum absolute atomic E-state index is 0.171. The van der Waals surface area contributed by atoms with Crippen LogP contribution < -0.4 is 0 Å². The second-order valence-electron chi connectivity index (χ2n) is 8.29. The van der Waals surface area contributed by atoms with Crippen molar-refractivity contribution in [2.75, 3.05) is 0 Å². The van der Waals surface area contributed by atoms with Gasteiger partial charge in [0.1, 0.15) is 5.82 Å². The van der Waals surface area contributed by atoms with Gasteiger partial charge in [0.15, 0.2) is 11.0 Å². The summed E-state index contributed by atoms with van der Waals surface area (Å²) in [7, 11) is 0. The predicted molar refractivity (Wildman–Crippen MR) is 137 cm³/mol. The molecule has 2 N–H and O–H groups in total. The monoisotopic (exact) mass is 484 g/mol. The molecule has 3 aromatic carbocycles. The number of aliphatic hydroxyl groups is 1. The van der Waals surface area contributed by atoms with E-state index in [1.54, 1.807) is 0 Å². The van der Waals surface area contributed by atoms with E-state index in [0.717, 1.165) is 58.6 Å². The fourth-order valence-electron chi connectivity index (χ4n) is 4.28. The fourth-order valence-corrected chi connectivity index (χ4v) is 4.53. The summed E-state index contributed by atoms with van der Waals surface area (Å²) in [4.78, 5) is 4.50. The number of hydrogen-bond donors (Lipinski definition) is 2. The molecule has 0 unspecified atom stereocenters. The number of imidazole rings is 1. The third-order valence-corrected chi connectivity index (χ3v) is 6.36. The highest BCUT2D eigenvalue weighted by Gasteiger charge is 2.17. The molecule has 7 nitrogen and oxygen atoms in total. The molecular formula is C27H25ClN6O. The van der Waals surface area contributed by atoms with E-state index < -0.39 is 0 Å². The van der Waals surface area contributed by atoms with Gasteiger partial charge in [0.2, 0.25) is 0 Å². The number of H-pyrrole nitrogens is 1. The van der Waals surface area contributed by atoms with Crippen LogP contribution in [0.3, 0.4) is 0 Å². The van der Waals surface area contributed by atoms with Crippen molar-refractivity contribution in [3.05, 3.63) is 89.5 Å². The lowest BCUT2D eigenvalue weighted by Gasteiger charge is -2.13. The largest absolute Gasteiger partial charge is 0.390 e. The van der Waals surface area contributed by atoms with Crippen molar-refractivity contribution in [2.45, 2.75) is 32.8 Å². The lowest BCUT2D eigenvalue weighted by atomic mass is 9.94. The molecule has 2 heterocycles. The van der Waals surface area contributed by atoms with Crippen LogP contribution in [0.5, 0.6) is 0 Å². The first-order chi connectivity index (χ1) is 17.2. The first-order valence-electron chi connectivity index (χ1n) is 11.6. The van der Waals surface area contributed by atoms with Gasteiger partial charge in [-0.15, -0.1) is 5.10 Å². The molecule has 5 rings (SSSR count). The Hall–Kier alpha value is -3.81. The summed E-state index contributed by atoms with van der Waals surface area (Å²) in [5.74, 6) is 1.48. The third-order valence-electron chi connectivity index (χ3n) is 6.06. The normalized spacial score (nSPS) is 11.2. The van der Waals surface area contributed by atoms with Crippen LogP contribution in [-0.2, 0) is 13.0 Å². The molecular weight excluding hydrogens is 460 g/mol. The van der Waals surface area contributed by atoms with E-state index in [2.05, 4.69) is 75.0 Å². The van der Waals surface area contributed by atoms with Crippen molar-refractivity contribution >= 4 is 11.6 Å². The molecule has 0 amide bonds. The number of nitrogens with one attached hydrogen (secondary N) is 1. The Bertz CT molecular complexity index is 1410. The summed E-state index contributed by atoms with van der Waals surface area (Å²) in [5.41, 5.74) is 6.68. The molecule has 0 atom stereocenters. The van der Waals surface area contributed by atoms with Crippen molar-refractivity contribution < 1.29 is 5.11 Å². The van der Waals surface area contributed by atoms with E-state index in [-0.39, 0.29) is 6.61 Å². The summed E-state index contributed by atoms with van der Waals surface area (Å²) >= 11 is 6.33. The summed E-state index contributed by atoms with van der Waals surface area (Å²) in [6, 6.07) is 24.7. The number of aromatic amines is 1. The summed E-state index contributed by atoms with van der Waals surface area (Å²) in [5, 5.41) is 24.8. The van der Waals surface area contributed by atoms with Gasteiger partial charge in [-0.05, 0) is 57.3 Å². The lowest BCUT2D eigenvalue weighted by Crippen LogP contribution is -2.05. The maximum atomic E-state index is 9.91. The number of aromatic nitrogens is 6. The van der Waals surface area contributed by atoms with E-state index in [9.17, 15) is 5.11 Å². The molecule has 0 bridgehead atoms. The molecule has 0 spiro atoms. The Morgan fingerprint density at radius 2 is 1.69 bits per heavy atom. The Labute approximate surface area is 208 Å². The number of halogens is 1. The van der Waals surface area contributed by atoms with E-state index >= 15 is 0 Å². The van der Waals surface area contributed by atoms with Crippen LogP contribution in [0.25, 0.3) is 39.3 Å². The van der Waals surface area contributed by atoms with Crippen molar-refractivity contribution in [1.29, 1.82) is 0 Å². The Kier molecular flexibility index (Phi) is 6.70. The van der Waals surface area contributed by atoms with Crippen LogP contribution in [0.2, 0.25) is 5.15 Å². The van der Waals surface area contributed by atoms with Crippen LogP contribution in [-0.4, -0.2) is 35.3 Å². The first-order valence-corrected chi connectivity index (χ1v) is 12.0. The average molecular weight is 485 g/mol.